The van der Waals surface area contributed by atoms with Crippen molar-refractivity contribution < 1.29 is 13.2 Å². The Morgan fingerprint density at radius 2 is 1.59 bits per heavy atom. The van der Waals surface area contributed by atoms with Gasteiger partial charge < -0.3 is 0 Å². The number of nitrogens with zero attached hydrogens (tertiary/aromatic N) is 1. The molecule has 1 saturated heterocycles. The Morgan fingerprint density at radius 1 is 0.853 bits per heavy atom. The summed E-state index contributed by atoms with van der Waals surface area (Å²) in [5.74, 6) is 0.598. The Morgan fingerprint density at radius 3 is 2.32 bits per heavy atom. The predicted molar refractivity (Wildman–Crippen MR) is 136 cm³/mol. The van der Waals surface area contributed by atoms with Gasteiger partial charge in [0.05, 0.1) is 4.90 Å². The maximum Gasteiger partial charge on any atom is 0.243 e. The number of benzene rings is 3. The highest BCUT2D eigenvalue weighted by molar-refractivity contribution is 7.89. The molecule has 176 valence electrons. The third-order valence-electron chi connectivity index (χ3n) is 7.63. The van der Waals surface area contributed by atoms with Gasteiger partial charge in [0.25, 0.3) is 0 Å². The number of Topliss-reactive ketones (excluding diaryl/α,β-unsaturated/α-hetero) is 1. The summed E-state index contributed by atoms with van der Waals surface area (Å²) in [5, 5.41) is 0. The topological polar surface area (TPSA) is 54.5 Å². The van der Waals surface area contributed by atoms with Gasteiger partial charge in [0.1, 0.15) is 5.78 Å². The summed E-state index contributed by atoms with van der Waals surface area (Å²) >= 11 is 0. The number of carbonyl (C=O) groups excluding carboxylic acids is 1. The zero-order valence-electron chi connectivity index (χ0n) is 19.9. The first-order chi connectivity index (χ1) is 16.3. The second kappa shape index (κ2) is 9.12. The number of carbonyl (C=O) groups is 1. The minimum Gasteiger partial charge on any atom is -0.299 e. The molecule has 0 unspecified atom stereocenters. The van der Waals surface area contributed by atoms with Crippen LogP contribution in [-0.4, -0.2) is 31.6 Å². The van der Waals surface area contributed by atoms with Gasteiger partial charge >= 0.3 is 0 Å². The number of rotatable bonds is 4. The molecule has 4 nitrogen and oxygen atoms in total. The third-order valence-corrected chi connectivity index (χ3v) is 9.52. The molecule has 34 heavy (non-hydrogen) atoms. The normalized spacial score (nSPS) is 17.5. The van der Waals surface area contributed by atoms with Crippen LogP contribution in [0.15, 0.2) is 65.6 Å². The molecule has 0 amide bonds. The molecule has 2 aliphatic rings. The van der Waals surface area contributed by atoms with Crippen LogP contribution in [-0.2, 0) is 27.7 Å². The van der Waals surface area contributed by atoms with Gasteiger partial charge in [-0.1, -0.05) is 48.5 Å². The van der Waals surface area contributed by atoms with Gasteiger partial charge in [0, 0.05) is 25.9 Å². The van der Waals surface area contributed by atoms with Gasteiger partial charge in [0.15, 0.2) is 0 Å². The van der Waals surface area contributed by atoms with Crippen molar-refractivity contribution in [1.29, 1.82) is 0 Å². The fourth-order valence-corrected chi connectivity index (χ4v) is 6.84. The first kappa shape index (κ1) is 23.0. The van der Waals surface area contributed by atoms with E-state index < -0.39 is 10.0 Å². The van der Waals surface area contributed by atoms with Crippen molar-refractivity contribution in [3.63, 3.8) is 0 Å². The molecule has 5 heteroatoms. The number of ketones is 1. The molecular weight excluding hydrogens is 442 g/mol. The Kier molecular flexibility index (Phi) is 6.17. The van der Waals surface area contributed by atoms with Crippen LogP contribution in [0.4, 0.5) is 0 Å². The molecule has 0 aromatic heterocycles. The van der Waals surface area contributed by atoms with Crippen LogP contribution >= 0.6 is 0 Å². The SMILES string of the molecule is Cc1cccc(-c2ccc(C3CCN(S(=O)(=O)c4ccc5c(c4)CCC(=O)C5)CC3)cc2)c1C. The molecular formula is C29H31NO3S. The lowest BCUT2D eigenvalue weighted by Crippen LogP contribution is -2.38. The van der Waals surface area contributed by atoms with Gasteiger partial charge in [-0.3, -0.25) is 4.79 Å². The van der Waals surface area contributed by atoms with Gasteiger partial charge in [0.2, 0.25) is 10.0 Å². The van der Waals surface area contributed by atoms with Crippen LogP contribution in [0.3, 0.4) is 0 Å². The summed E-state index contributed by atoms with van der Waals surface area (Å²) in [6.45, 7) is 5.36. The van der Waals surface area contributed by atoms with E-state index in [1.54, 1.807) is 16.4 Å². The molecule has 1 aliphatic heterocycles. The summed E-state index contributed by atoms with van der Waals surface area (Å²) in [4.78, 5) is 12.1. The van der Waals surface area contributed by atoms with Gasteiger partial charge in [-0.25, -0.2) is 8.42 Å². The minimum atomic E-state index is -3.52. The summed E-state index contributed by atoms with van der Waals surface area (Å²) in [6.07, 6.45) is 3.20. The van der Waals surface area contributed by atoms with Crippen molar-refractivity contribution >= 4 is 15.8 Å². The molecule has 0 saturated carbocycles. The maximum atomic E-state index is 13.3. The number of hydrogen-bond acceptors (Lipinski definition) is 3. The molecule has 5 rings (SSSR count). The fraction of sp³-hybridized carbons (Fsp3) is 0.345. The van der Waals surface area contributed by atoms with Crippen molar-refractivity contribution in [2.24, 2.45) is 0 Å². The smallest absolute Gasteiger partial charge is 0.243 e. The van der Waals surface area contributed by atoms with E-state index in [-0.39, 0.29) is 5.78 Å². The Bertz CT molecular complexity index is 1330. The fourth-order valence-electron chi connectivity index (χ4n) is 5.32. The highest BCUT2D eigenvalue weighted by Crippen LogP contribution is 2.33. The first-order valence-corrected chi connectivity index (χ1v) is 13.6. The quantitative estimate of drug-likeness (QED) is 0.496. The van der Waals surface area contributed by atoms with Crippen molar-refractivity contribution in [2.45, 2.75) is 56.8 Å². The summed E-state index contributed by atoms with van der Waals surface area (Å²) in [5.41, 5.74) is 8.34. The van der Waals surface area contributed by atoms with E-state index in [1.807, 2.05) is 6.07 Å². The lowest BCUT2D eigenvalue weighted by molar-refractivity contribution is -0.118. The molecule has 0 bridgehead atoms. The van der Waals surface area contributed by atoms with Crippen LogP contribution < -0.4 is 0 Å². The first-order valence-electron chi connectivity index (χ1n) is 12.1. The van der Waals surface area contributed by atoms with Crippen LogP contribution in [0.1, 0.15) is 53.0 Å². The van der Waals surface area contributed by atoms with E-state index in [4.69, 9.17) is 0 Å². The van der Waals surface area contributed by atoms with Crippen LogP contribution in [0.25, 0.3) is 11.1 Å². The molecule has 1 aliphatic carbocycles. The molecule has 0 radical (unpaired) electrons. The third kappa shape index (κ3) is 4.35. The van der Waals surface area contributed by atoms with Crippen LogP contribution in [0.5, 0.6) is 0 Å². The van der Waals surface area contributed by atoms with Crippen molar-refractivity contribution in [2.75, 3.05) is 13.1 Å². The highest BCUT2D eigenvalue weighted by atomic mass is 32.2. The number of hydrogen-bond donors (Lipinski definition) is 0. The van der Waals surface area contributed by atoms with Gasteiger partial charge in [-0.2, -0.15) is 4.31 Å². The van der Waals surface area contributed by atoms with E-state index in [0.717, 1.165) is 24.0 Å². The van der Waals surface area contributed by atoms with Crippen molar-refractivity contribution in [1.82, 2.24) is 4.31 Å². The van der Waals surface area contributed by atoms with E-state index in [2.05, 4.69) is 56.3 Å². The second-order valence-corrected chi connectivity index (χ2v) is 11.6. The van der Waals surface area contributed by atoms with Gasteiger partial charge in [-0.15, -0.1) is 0 Å². The monoisotopic (exact) mass is 473 g/mol. The number of fused-ring (bicyclic) bond motifs is 1. The Balaban J connectivity index is 1.27. The van der Waals surface area contributed by atoms with Crippen molar-refractivity contribution in [3.8, 4) is 11.1 Å². The maximum absolute atomic E-state index is 13.3. The molecule has 3 aromatic rings. The van der Waals surface area contributed by atoms with Crippen molar-refractivity contribution in [3.05, 3.63) is 88.5 Å². The highest BCUT2D eigenvalue weighted by Gasteiger charge is 2.31. The summed E-state index contributed by atoms with van der Waals surface area (Å²) in [7, 11) is -3.52. The predicted octanol–water partition coefficient (Wildman–Crippen LogP) is 5.60. The zero-order valence-corrected chi connectivity index (χ0v) is 20.7. The Labute approximate surface area is 202 Å². The molecule has 3 aromatic carbocycles. The average molecular weight is 474 g/mol. The van der Waals surface area contributed by atoms with E-state index in [0.29, 0.717) is 43.2 Å². The van der Waals surface area contributed by atoms with E-state index in [1.165, 1.54) is 27.8 Å². The van der Waals surface area contributed by atoms with E-state index >= 15 is 0 Å². The molecule has 0 atom stereocenters. The largest absolute Gasteiger partial charge is 0.299 e. The molecule has 0 spiro atoms. The summed E-state index contributed by atoms with van der Waals surface area (Å²) in [6, 6.07) is 20.5. The van der Waals surface area contributed by atoms with Crippen LogP contribution in [0.2, 0.25) is 0 Å². The Hall–Kier alpha value is -2.76. The average Bonchev–Trinajstić information content (AvgIpc) is 2.85. The summed E-state index contributed by atoms with van der Waals surface area (Å²) < 4.78 is 28.2. The van der Waals surface area contributed by atoms with Gasteiger partial charge in [-0.05, 0) is 90.1 Å². The lowest BCUT2D eigenvalue weighted by atomic mass is 9.88. The second-order valence-electron chi connectivity index (χ2n) is 9.69. The lowest BCUT2D eigenvalue weighted by Gasteiger charge is -2.32. The minimum absolute atomic E-state index is 0.229. The van der Waals surface area contributed by atoms with Crippen LogP contribution in [0, 0.1) is 13.8 Å². The molecule has 1 fully saturated rings. The van der Waals surface area contributed by atoms with E-state index in [9.17, 15) is 13.2 Å². The number of piperidine rings is 1. The number of sulfonamides is 1. The molecule has 1 heterocycles. The standard InChI is InChI=1S/C29H31NO3S/c1-20-4-3-5-29(21(20)2)24-8-6-22(7-9-24)23-14-16-30(17-15-23)34(32,33)28-13-11-25-18-27(31)12-10-26(25)19-28/h3-9,11,13,19,23H,10,12,14-18H2,1-2H3. The number of aryl methyl sites for hydroxylation is 2. The zero-order chi connectivity index (χ0) is 23.9. The molecule has 0 N–H and O–H groups in total.